The zero-order chi connectivity index (χ0) is 14.8. The van der Waals surface area contributed by atoms with E-state index in [-0.39, 0.29) is 17.9 Å². The van der Waals surface area contributed by atoms with E-state index >= 15 is 0 Å². The van der Waals surface area contributed by atoms with Gasteiger partial charge in [0.05, 0.1) is 12.0 Å². The summed E-state index contributed by atoms with van der Waals surface area (Å²) in [5.74, 6) is 0.937. The molecule has 3 rings (SSSR count). The number of ether oxygens (including phenoxy) is 2. The number of amides is 1. The molecule has 0 bridgehead atoms. The van der Waals surface area contributed by atoms with Crippen LogP contribution in [-0.2, 0) is 16.0 Å². The van der Waals surface area contributed by atoms with Gasteiger partial charge in [0, 0.05) is 25.2 Å². The molecule has 0 unspecified atom stereocenters. The lowest BCUT2D eigenvalue weighted by atomic mass is 9.94. The van der Waals surface area contributed by atoms with Crippen LogP contribution in [0.2, 0.25) is 5.02 Å². The Labute approximate surface area is 130 Å². The fourth-order valence-corrected chi connectivity index (χ4v) is 3.29. The first-order valence-corrected chi connectivity index (χ1v) is 7.78. The number of carbonyl (C=O) groups excluding carboxylic acids is 1. The highest BCUT2D eigenvalue weighted by Crippen LogP contribution is 2.31. The van der Waals surface area contributed by atoms with Crippen LogP contribution in [0.25, 0.3) is 0 Å². The Hall–Kier alpha value is -1.26. The van der Waals surface area contributed by atoms with Crippen molar-refractivity contribution >= 4 is 17.5 Å². The van der Waals surface area contributed by atoms with Crippen molar-refractivity contribution in [2.75, 3.05) is 26.8 Å². The zero-order valence-electron chi connectivity index (χ0n) is 12.2. The van der Waals surface area contributed by atoms with E-state index in [4.69, 9.17) is 21.1 Å². The van der Waals surface area contributed by atoms with Crippen molar-refractivity contribution in [2.45, 2.75) is 25.4 Å². The van der Waals surface area contributed by atoms with E-state index in [9.17, 15) is 4.79 Å². The molecule has 0 radical (unpaired) electrons. The second-order valence-corrected chi connectivity index (χ2v) is 6.16. The molecule has 0 spiro atoms. The minimum absolute atomic E-state index is 0.102. The first-order chi connectivity index (χ1) is 10.2. The van der Waals surface area contributed by atoms with Gasteiger partial charge in [0.2, 0.25) is 5.91 Å². The van der Waals surface area contributed by atoms with E-state index in [1.807, 2.05) is 23.1 Å². The van der Waals surface area contributed by atoms with E-state index in [0.29, 0.717) is 18.1 Å². The summed E-state index contributed by atoms with van der Waals surface area (Å²) in [6, 6.07) is 5.59. The van der Waals surface area contributed by atoms with Crippen LogP contribution in [0.1, 0.15) is 18.4 Å². The van der Waals surface area contributed by atoms with Crippen molar-refractivity contribution < 1.29 is 14.3 Å². The molecule has 1 fully saturated rings. The molecule has 0 aromatic heterocycles. The highest BCUT2D eigenvalue weighted by atomic mass is 35.5. The number of halogens is 1. The summed E-state index contributed by atoms with van der Waals surface area (Å²) in [4.78, 5) is 14.6. The topological polar surface area (TPSA) is 38.8 Å². The molecule has 1 aromatic carbocycles. The zero-order valence-corrected chi connectivity index (χ0v) is 12.9. The average Bonchev–Trinajstić information content (AvgIpc) is 2.53. The third-order valence-electron chi connectivity index (χ3n) is 4.37. The summed E-state index contributed by atoms with van der Waals surface area (Å²) in [6.45, 7) is 2.00. The third-order valence-corrected chi connectivity index (χ3v) is 4.60. The quantitative estimate of drug-likeness (QED) is 0.842. The van der Waals surface area contributed by atoms with Gasteiger partial charge >= 0.3 is 0 Å². The van der Waals surface area contributed by atoms with Crippen LogP contribution in [0.5, 0.6) is 5.75 Å². The molecule has 0 aliphatic carbocycles. The maximum Gasteiger partial charge on any atom is 0.229 e. The molecule has 5 heteroatoms. The minimum atomic E-state index is -0.102. The van der Waals surface area contributed by atoms with Gasteiger partial charge in [-0.15, -0.1) is 0 Å². The number of fused-ring (bicyclic) bond motifs is 1. The van der Waals surface area contributed by atoms with Gasteiger partial charge in [-0.05, 0) is 43.0 Å². The molecule has 114 valence electrons. The van der Waals surface area contributed by atoms with Crippen LogP contribution in [-0.4, -0.2) is 43.7 Å². The number of rotatable bonds is 2. The van der Waals surface area contributed by atoms with Crippen LogP contribution >= 0.6 is 11.6 Å². The maximum absolute atomic E-state index is 12.6. The molecular weight excluding hydrogens is 290 g/mol. The normalized spacial score (nSPS) is 22.6. The van der Waals surface area contributed by atoms with Crippen LogP contribution in [0.3, 0.4) is 0 Å². The number of likely N-dealkylation sites (tertiary alicyclic amines) is 1. The summed E-state index contributed by atoms with van der Waals surface area (Å²) >= 11 is 6.02. The number of hydrogen-bond donors (Lipinski definition) is 0. The van der Waals surface area contributed by atoms with Crippen molar-refractivity contribution in [3.8, 4) is 5.75 Å². The number of benzene rings is 1. The summed E-state index contributed by atoms with van der Waals surface area (Å²) in [5, 5.41) is 0.686. The first-order valence-electron chi connectivity index (χ1n) is 7.40. The summed E-state index contributed by atoms with van der Waals surface area (Å²) in [5.41, 5.74) is 1.03. The van der Waals surface area contributed by atoms with Crippen molar-refractivity contribution in [1.29, 1.82) is 0 Å². The Morgan fingerprint density at radius 3 is 2.86 bits per heavy atom. The SMILES string of the molecule is COC1CCN(C(=O)[C@@H]2COc3ccc(Cl)cc3C2)CC1. The molecule has 2 heterocycles. The fraction of sp³-hybridized carbons (Fsp3) is 0.562. The van der Waals surface area contributed by atoms with Crippen molar-refractivity contribution in [3.63, 3.8) is 0 Å². The summed E-state index contributed by atoms with van der Waals surface area (Å²) in [7, 11) is 1.73. The lowest BCUT2D eigenvalue weighted by molar-refractivity contribution is -0.139. The molecule has 1 amide bonds. The Kier molecular flexibility index (Phi) is 4.36. The molecule has 2 aliphatic rings. The number of nitrogens with zero attached hydrogens (tertiary/aromatic N) is 1. The van der Waals surface area contributed by atoms with Crippen molar-refractivity contribution in [1.82, 2.24) is 4.90 Å². The predicted molar refractivity (Wildman–Crippen MR) is 80.8 cm³/mol. The van der Waals surface area contributed by atoms with Gasteiger partial charge in [0.15, 0.2) is 0 Å². The van der Waals surface area contributed by atoms with Gasteiger partial charge in [-0.1, -0.05) is 11.6 Å². The van der Waals surface area contributed by atoms with Gasteiger partial charge in [-0.3, -0.25) is 4.79 Å². The average molecular weight is 310 g/mol. The van der Waals surface area contributed by atoms with E-state index in [1.165, 1.54) is 0 Å². The van der Waals surface area contributed by atoms with Gasteiger partial charge in [-0.25, -0.2) is 0 Å². The smallest absolute Gasteiger partial charge is 0.229 e. The second-order valence-electron chi connectivity index (χ2n) is 5.72. The number of carbonyl (C=O) groups is 1. The fourth-order valence-electron chi connectivity index (χ4n) is 3.09. The van der Waals surface area contributed by atoms with Crippen LogP contribution in [0, 0.1) is 5.92 Å². The molecule has 2 aliphatic heterocycles. The Morgan fingerprint density at radius 1 is 1.38 bits per heavy atom. The molecule has 1 atom stereocenters. The molecule has 0 saturated carbocycles. The van der Waals surface area contributed by atoms with Crippen LogP contribution in [0.4, 0.5) is 0 Å². The number of piperidine rings is 1. The van der Waals surface area contributed by atoms with Gasteiger partial charge in [-0.2, -0.15) is 0 Å². The molecule has 0 N–H and O–H groups in total. The summed E-state index contributed by atoms with van der Waals surface area (Å²) < 4.78 is 11.1. The third kappa shape index (κ3) is 3.16. The highest BCUT2D eigenvalue weighted by Gasteiger charge is 2.31. The monoisotopic (exact) mass is 309 g/mol. The van der Waals surface area contributed by atoms with E-state index < -0.39 is 0 Å². The lowest BCUT2D eigenvalue weighted by Gasteiger charge is -2.35. The highest BCUT2D eigenvalue weighted by molar-refractivity contribution is 6.30. The van der Waals surface area contributed by atoms with E-state index in [1.54, 1.807) is 7.11 Å². The van der Waals surface area contributed by atoms with Crippen LogP contribution < -0.4 is 4.74 Å². The van der Waals surface area contributed by atoms with E-state index in [2.05, 4.69) is 0 Å². The van der Waals surface area contributed by atoms with Crippen molar-refractivity contribution in [2.24, 2.45) is 5.92 Å². The largest absolute Gasteiger partial charge is 0.492 e. The Balaban J connectivity index is 1.64. The Bertz CT molecular complexity index is 526. The first kappa shape index (κ1) is 14.7. The maximum atomic E-state index is 12.6. The predicted octanol–water partition coefficient (Wildman–Crippen LogP) is 2.53. The van der Waals surface area contributed by atoms with E-state index in [0.717, 1.165) is 37.2 Å². The van der Waals surface area contributed by atoms with Gasteiger partial charge in [0.25, 0.3) is 0 Å². The molecule has 4 nitrogen and oxygen atoms in total. The Morgan fingerprint density at radius 2 is 2.14 bits per heavy atom. The molecular formula is C16H20ClNO3. The second kappa shape index (κ2) is 6.24. The van der Waals surface area contributed by atoms with Crippen LogP contribution in [0.15, 0.2) is 18.2 Å². The molecule has 21 heavy (non-hydrogen) atoms. The van der Waals surface area contributed by atoms with Gasteiger partial charge < -0.3 is 14.4 Å². The van der Waals surface area contributed by atoms with Crippen molar-refractivity contribution in [3.05, 3.63) is 28.8 Å². The number of methoxy groups -OCH3 is 1. The standard InChI is InChI=1S/C16H20ClNO3/c1-20-14-4-6-18(7-5-14)16(19)12-8-11-9-13(17)2-3-15(11)21-10-12/h2-3,9,12,14H,4-8,10H2,1H3/t12-/m0/s1. The van der Waals surface area contributed by atoms with Gasteiger partial charge in [0.1, 0.15) is 12.4 Å². The molecule has 1 aromatic rings. The lowest BCUT2D eigenvalue weighted by Crippen LogP contribution is -2.46. The summed E-state index contributed by atoms with van der Waals surface area (Å²) in [6.07, 6.45) is 2.83. The molecule has 1 saturated heterocycles. The minimum Gasteiger partial charge on any atom is -0.492 e. The number of hydrogen-bond acceptors (Lipinski definition) is 3.